The SMILES string of the molecule is COC(Cn1ncc2cc(-n3ccc(-c4ccc(C)cc4)cc3=O)ccc21)OC. The van der Waals surface area contributed by atoms with Crippen LogP contribution in [0.3, 0.4) is 0 Å². The predicted molar refractivity (Wildman–Crippen MR) is 113 cm³/mol. The standard InChI is InChI=1S/C23H23N3O3/c1-16-4-6-17(7-5-16)18-10-11-25(22(27)13-18)20-8-9-21-19(12-20)14-24-26(21)15-23(28-2)29-3/h4-14,23H,15H2,1-3H3. The van der Waals surface area contributed by atoms with Gasteiger partial charge in [-0.05, 0) is 42.3 Å². The summed E-state index contributed by atoms with van der Waals surface area (Å²) >= 11 is 0. The molecule has 0 aliphatic rings. The van der Waals surface area contributed by atoms with Gasteiger partial charge in [0.1, 0.15) is 0 Å². The Bertz CT molecular complexity index is 1190. The number of rotatable bonds is 6. The van der Waals surface area contributed by atoms with Crippen LogP contribution in [0.25, 0.3) is 27.7 Å². The molecular formula is C23H23N3O3. The van der Waals surface area contributed by atoms with E-state index in [1.165, 1.54) is 5.56 Å². The van der Waals surface area contributed by atoms with E-state index in [2.05, 4.69) is 5.10 Å². The fourth-order valence-corrected chi connectivity index (χ4v) is 3.37. The summed E-state index contributed by atoms with van der Waals surface area (Å²) in [6, 6.07) is 17.6. The van der Waals surface area contributed by atoms with E-state index in [0.717, 1.165) is 27.7 Å². The molecule has 0 unspecified atom stereocenters. The molecule has 0 fully saturated rings. The van der Waals surface area contributed by atoms with Crippen LogP contribution in [0.5, 0.6) is 0 Å². The van der Waals surface area contributed by atoms with Crippen molar-refractivity contribution in [3.63, 3.8) is 0 Å². The van der Waals surface area contributed by atoms with E-state index < -0.39 is 0 Å². The van der Waals surface area contributed by atoms with Crippen LogP contribution in [0.2, 0.25) is 0 Å². The lowest BCUT2D eigenvalue weighted by atomic mass is 10.1. The number of aryl methyl sites for hydroxylation is 1. The normalized spacial score (nSPS) is 11.4. The molecule has 0 spiro atoms. The topological polar surface area (TPSA) is 58.3 Å². The zero-order chi connectivity index (χ0) is 20.4. The molecular weight excluding hydrogens is 366 g/mol. The Balaban J connectivity index is 1.66. The molecule has 0 aliphatic heterocycles. The maximum absolute atomic E-state index is 12.8. The van der Waals surface area contributed by atoms with Crippen LogP contribution < -0.4 is 5.56 Å². The van der Waals surface area contributed by atoms with Crippen LogP contribution in [0.15, 0.2) is 71.8 Å². The van der Waals surface area contributed by atoms with Crippen molar-refractivity contribution in [2.24, 2.45) is 0 Å². The summed E-state index contributed by atoms with van der Waals surface area (Å²) in [6.45, 7) is 2.53. The second kappa shape index (κ2) is 8.03. The number of methoxy groups -OCH3 is 2. The van der Waals surface area contributed by atoms with Crippen molar-refractivity contribution in [3.8, 4) is 16.8 Å². The molecule has 0 bridgehead atoms. The van der Waals surface area contributed by atoms with Crippen LogP contribution in [0.1, 0.15) is 5.56 Å². The molecule has 4 rings (SSSR count). The van der Waals surface area contributed by atoms with Crippen molar-refractivity contribution >= 4 is 10.9 Å². The minimum atomic E-state index is -0.366. The number of hydrogen-bond donors (Lipinski definition) is 0. The molecule has 0 saturated carbocycles. The van der Waals surface area contributed by atoms with Crippen LogP contribution in [-0.2, 0) is 16.0 Å². The molecule has 6 heteroatoms. The van der Waals surface area contributed by atoms with E-state index in [9.17, 15) is 4.79 Å². The molecule has 0 aliphatic carbocycles. The molecule has 148 valence electrons. The zero-order valence-corrected chi connectivity index (χ0v) is 16.7. The number of ether oxygens (including phenoxy) is 2. The first kappa shape index (κ1) is 19.1. The molecule has 4 aromatic rings. The van der Waals surface area contributed by atoms with Crippen molar-refractivity contribution in [2.75, 3.05) is 14.2 Å². The Kier molecular flexibility index (Phi) is 5.29. The lowest BCUT2D eigenvalue weighted by Gasteiger charge is -2.14. The first-order chi connectivity index (χ1) is 14.1. The van der Waals surface area contributed by atoms with Gasteiger partial charge < -0.3 is 9.47 Å². The maximum Gasteiger partial charge on any atom is 0.255 e. The minimum Gasteiger partial charge on any atom is -0.354 e. The van der Waals surface area contributed by atoms with Crippen molar-refractivity contribution < 1.29 is 9.47 Å². The van der Waals surface area contributed by atoms with Crippen LogP contribution >= 0.6 is 0 Å². The summed E-state index contributed by atoms with van der Waals surface area (Å²) in [4.78, 5) is 12.8. The molecule has 2 aromatic heterocycles. The van der Waals surface area contributed by atoms with Gasteiger partial charge in [-0.2, -0.15) is 5.10 Å². The number of fused-ring (bicyclic) bond motifs is 1. The summed E-state index contributed by atoms with van der Waals surface area (Å²) in [7, 11) is 3.20. The summed E-state index contributed by atoms with van der Waals surface area (Å²) in [5, 5.41) is 5.37. The van der Waals surface area contributed by atoms with Crippen molar-refractivity contribution in [1.29, 1.82) is 0 Å². The van der Waals surface area contributed by atoms with Gasteiger partial charge in [-0.15, -0.1) is 0 Å². The van der Waals surface area contributed by atoms with Gasteiger partial charge in [0.15, 0.2) is 6.29 Å². The second-order valence-electron chi connectivity index (χ2n) is 6.96. The van der Waals surface area contributed by atoms with E-state index in [1.54, 1.807) is 31.0 Å². The molecule has 6 nitrogen and oxygen atoms in total. The smallest absolute Gasteiger partial charge is 0.255 e. The lowest BCUT2D eigenvalue weighted by molar-refractivity contribution is -0.111. The highest BCUT2D eigenvalue weighted by molar-refractivity contribution is 5.81. The summed E-state index contributed by atoms with van der Waals surface area (Å²) in [5.74, 6) is 0. The molecule has 0 N–H and O–H groups in total. The first-order valence-corrected chi connectivity index (χ1v) is 9.40. The number of aromatic nitrogens is 3. The van der Waals surface area contributed by atoms with Crippen LogP contribution in [0, 0.1) is 6.92 Å². The zero-order valence-electron chi connectivity index (χ0n) is 16.7. The van der Waals surface area contributed by atoms with E-state index in [0.29, 0.717) is 6.54 Å². The van der Waals surface area contributed by atoms with Gasteiger partial charge in [0, 0.05) is 37.6 Å². The summed E-state index contributed by atoms with van der Waals surface area (Å²) in [6.07, 6.45) is 3.23. The lowest BCUT2D eigenvalue weighted by Crippen LogP contribution is -2.21. The Morgan fingerprint density at radius 2 is 1.72 bits per heavy atom. The van der Waals surface area contributed by atoms with E-state index in [-0.39, 0.29) is 11.8 Å². The number of benzene rings is 2. The third-order valence-electron chi connectivity index (χ3n) is 5.06. The van der Waals surface area contributed by atoms with Gasteiger partial charge in [-0.3, -0.25) is 14.0 Å². The van der Waals surface area contributed by atoms with Gasteiger partial charge >= 0.3 is 0 Å². The fourth-order valence-electron chi connectivity index (χ4n) is 3.37. The second-order valence-corrected chi connectivity index (χ2v) is 6.96. The monoisotopic (exact) mass is 389 g/mol. The van der Waals surface area contributed by atoms with Crippen molar-refractivity contribution in [1.82, 2.24) is 14.3 Å². The predicted octanol–water partition coefficient (Wildman–Crippen LogP) is 3.78. The average Bonchev–Trinajstić information content (AvgIpc) is 3.14. The fraction of sp³-hybridized carbons (Fsp3) is 0.217. The van der Waals surface area contributed by atoms with Gasteiger partial charge in [0.2, 0.25) is 0 Å². The number of pyridine rings is 1. The van der Waals surface area contributed by atoms with E-state index in [1.807, 2.05) is 66.3 Å². The highest BCUT2D eigenvalue weighted by Gasteiger charge is 2.11. The Morgan fingerprint density at radius 3 is 2.41 bits per heavy atom. The van der Waals surface area contributed by atoms with Crippen molar-refractivity contribution in [2.45, 2.75) is 19.8 Å². The van der Waals surface area contributed by atoms with Crippen LogP contribution in [0.4, 0.5) is 0 Å². The Labute approximate surface area is 168 Å². The summed E-state index contributed by atoms with van der Waals surface area (Å²) in [5.41, 5.74) is 4.81. The highest BCUT2D eigenvalue weighted by Crippen LogP contribution is 2.21. The Hall–Kier alpha value is -3.22. The highest BCUT2D eigenvalue weighted by atomic mass is 16.7. The molecule has 0 atom stereocenters. The quantitative estimate of drug-likeness (QED) is 0.471. The van der Waals surface area contributed by atoms with E-state index >= 15 is 0 Å². The van der Waals surface area contributed by atoms with Crippen molar-refractivity contribution in [3.05, 3.63) is 82.9 Å². The van der Waals surface area contributed by atoms with Gasteiger partial charge in [0.05, 0.1) is 18.3 Å². The Morgan fingerprint density at radius 1 is 0.966 bits per heavy atom. The maximum atomic E-state index is 12.8. The van der Waals surface area contributed by atoms with Gasteiger partial charge in [0.25, 0.3) is 5.56 Å². The van der Waals surface area contributed by atoms with E-state index in [4.69, 9.17) is 9.47 Å². The first-order valence-electron chi connectivity index (χ1n) is 9.40. The minimum absolute atomic E-state index is 0.0753. The summed E-state index contributed by atoms with van der Waals surface area (Å²) < 4.78 is 14.0. The van der Waals surface area contributed by atoms with Crippen LogP contribution in [-0.4, -0.2) is 34.9 Å². The number of hydrogen-bond acceptors (Lipinski definition) is 4. The number of nitrogens with zero attached hydrogens (tertiary/aromatic N) is 3. The third-order valence-corrected chi connectivity index (χ3v) is 5.06. The third kappa shape index (κ3) is 3.85. The average molecular weight is 389 g/mol. The molecule has 0 saturated heterocycles. The molecule has 2 aromatic carbocycles. The molecule has 0 amide bonds. The molecule has 2 heterocycles. The molecule has 29 heavy (non-hydrogen) atoms. The molecule has 0 radical (unpaired) electrons. The van der Waals surface area contributed by atoms with Gasteiger partial charge in [-0.1, -0.05) is 29.8 Å². The van der Waals surface area contributed by atoms with Gasteiger partial charge in [-0.25, -0.2) is 0 Å². The largest absolute Gasteiger partial charge is 0.354 e.